The van der Waals surface area contributed by atoms with E-state index in [1.54, 1.807) is 0 Å². The normalized spacial score (nSPS) is 43.2. The smallest absolute Gasteiger partial charge is 0.0247 e. The summed E-state index contributed by atoms with van der Waals surface area (Å²) in [4.78, 5) is 2.65. The molecule has 1 saturated heterocycles. The van der Waals surface area contributed by atoms with E-state index < -0.39 is 0 Å². The molecule has 2 aliphatic carbocycles. The van der Waals surface area contributed by atoms with Gasteiger partial charge in [0.2, 0.25) is 0 Å². The molecular formula is C11H20N2. The Hall–Kier alpha value is -0.0800. The Balaban J connectivity index is 1.58. The van der Waals surface area contributed by atoms with Crippen LogP contribution in [0.4, 0.5) is 0 Å². The minimum absolute atomic E-state index is 0.477. The van der Waals surface area contributed by atoms with Crippen molar-refractivity contribution in [3.63, 3.8) is 0 Å². The maximum Gasteiger partial charge on any atom is 0.0247 e. The minimum Gasteiger partial charge on any atom is -0.326 e. The molecule has 3 aliphatic rings. The SMILES string of the molecule is NC1CCCCC1N1CC2(CC2)C1. The van der Waals surface area contributed by atoms with Crippen LogP contribution in [-0.4, -0.2) is 30.1 Å². The minimum atomic E-state index is 0.477. The van der Waals surface area contributed by atoms with E-state index in [0.29, 0.717) is 6.04 Å². The van der Waals surface area contributed by atoms with Crippen LogP contribution in [-0.2, 0) is 0 Å². The summed E-state index contributed by atoms with van der Waals surface area (Å²) in [6.45, 7) is 2.73. The van der Waals surface area contributed by atoms with Crippen LogP contribution in [0.25, 0.3) is 0 Å². The average molecular weight is 180 g/mol. The molecule has 1 spiro atoms. The van der Waals surface area contributed by atoms with E-state index in [1.165, 1.54) is 51.6 Å². The fourth-order valence-corrected chi connectivity index (χ4v) is 3.14. The zero-order chi connectivity index (χ0) is 8.89. The highest BCUT2D eigenvalue weighted by atomic mass is 15.3. The first-order chi connectivity index (χ1) is 6.29. The number of likely N-dealkylation sites (tertiary alicyclic amines) is 1. The maximum atomic E-state index is 6.16. The molecule has 0 radical (unpaired) electrons. The molecule has 0 bridgehead atoms. The summed E-state index contributed by atoms with van der Waals surface area (Å²) in [5, 5.41) is 0. The lowest BCUT2D eigenvalue weighted by molar-refractivity contribution is 0.0119. The van der Waals surface area contributed by atoms with Gasteiger partial charge in [0, 0.05) is 25.2 Å². The first kappa shape index (κ1) is 8.25. The Morgan fingerprint density at radius 3 is 2.38 bits per heavy atom. The summed E-state index contributed by atoms with van der Waals surface area (Å²) in [6, 6.07) is 1.21. The fraction of sp³-hybridized carbons (Fsp3) is 1.00. The summed E-state index contributed by atoms with van der Waals surface area (Å²) in [5.41, 5.74) is 6.96. The van der Waals surface area contributed by atoms with Crippen molar-refractivity contribution in [1.29, 1.82) is 0 Å². The van der Waals surface area contributed by atoms with Crippen molar-refractivity contribution in [3.05, 3.63) is 0 Å². The van der Waals surface area contributed by atoms with E-state index in [2.05, 4.69) is 4.90 Å². The predicted molar refractivity (Wildman–Crippen MR) is 53.5 cm³/mol. The highest BCUT2D eigenvalue weighted by Crippen LogP contribution is 2.54. The van der Waals surface area contributed by atoms with Gasteiger partial charge in [0.05, 0.1) is 0 Å². The van der Waals surface area contributed by atoms with Crippen molar-refractivity contribution in [2.75, 3.05) is 13.1 Å². The van der Waals surface area contributed by atoms with Crippen molar-refractivity contribution in [2.45, 2.75) is 50.6 Å². The molecule has 2 saturated carbocycles. The molecule has 0 aromatic heterocycles. The van der Waals surface area contributed by atoms with Crippen molar-refractivity contribution < 1.29 is 0 Å². The van der Waals surface area contributed by atoms with Gasteiger partial charge in [0.25, 0.3) is 0 Å². The van der Waals surface area contributed by atoms with E-state index in [9.17, 15) is 0 Å². The Labute approximate surface area is 80.5 Å². The lowest BCUT2D eigenvalue weighted by Crippen LogP contribution is -2.59. The van der Waals surface area contributed by atoms with E-state index in [4.69, 9.17) is 5.73 Å². The topological polar surface area (TPSA) is 29.3 Å². The summed E-state index contributed by atoms with van der Waals surface area (Å²) in [7, 11) is 0. The average Bonchev–Trinajstić information content (AvgIpc) is 2.82. The van der Waals surface area contributed by atoms with E-state index in [1.807, 2.05) is 0 Å². The highest BCUT2D eigenvalue weighted by Gasteiger charge is 2.54. The summed E-state index contributed by atoms with van der Waals surface area (Å²) in [6.07, 6.45) is 8.36. The molecule has 13 heavy (non-hydrogen) atoms. The van der Waals surface area contributed by atoms with Crippen LogP contribution in [0.2, 0.25) is 0 Å². The van der Waals surface area contributed by atoms with Gasteiger partial charge in [-0.05, 0) is 31.1 Å². The molecule has 0 aromatic rings. The molecule has 2 N–H and O–H groups in total. The Morgan fingerprint density at radius 2 is 1.77 bits per heavy atom. The summed E-state index contributed by atoms with van der Waals surface area (Å²) >= 11 is 0. The number of hydrogen-bond donors (Lipinski definition) is 1. The first-order valence-corrected chi connectivity index (χ1v) is 5.79. The van der Waals surface area contributed by atoms with Gasteiger partial charge >= 0.3 is 0 Å². The highest BCUT2D eigenvalue weighted by molar-refractivity contribution is 5.08. The van der Waals surface area contributed by atoms with Gasteiger partial charge in [0.15, 0.2) is 0 Å². The van der Waals surface area contributed by atoms with Gasteiger partial charge in [-0.15, -0.1) is 0 Å². The molecule has 2 heteroatoms. The van der Waals surface area contributed by atoms with Crippen LogP contribution < -0.4 is 5.73 Å². The van der Waals surface area contributed by atoms with Gasteiger partial charge in [-0.25, -0.2) is 0 Å². The van der Waals surface area contributed by atoms with Crippen LogP contribution in [0.3, 0.4) is 0 Å². The van der Waals surface area contributed by atoms with Gasteiger partial charge in [-0.3, -0.25) is 4.90 Å². The molecule has 3 rings (SSSR count). The van der Waals surface area contributed by atoms with Crippen LogP contribution >= 0.6 is 0 Å². The maximum absolute atomic E-state index is 6.16. The van der Waals surface area contributed by atoms with Crippen molar-refractivity contribution in [2.24, 2.45) is 11.1 Å². The molecule has 2 nitrogen and oxygen atoms in total. The van der Waals surface area contributed by atoms with Crippen LogP contribution in [0.5, 0.6) is 0 Å². The van der Waals surface area contributed by atoms with Crippen LogP contribution in [0.15, 0.2) is 0 Å². The Kier molecular flexibility index (Phi) is 1.72. The lowest BCUT2D eigenvalue weighted by atomic mass is 9.85. The van der Waals surface area contributed by atoms with E-state index >= 15 is 0 Å². The Morgan fingerprint density at radius 1 is 1.08 bits per heavy atom. The second-order valence-electron chi connectivity index (χ2n) is 5.42. The molecule has 1 aliphatic heterocycles. The van der Waals surface area contributed by atoms with Crippen LogP contribution in [0.1, 0.15) is 38.5 Å². The third-order valence-corrected chi connectivity index (χ3v) is 4.28. The van der Waals surface area contributed by atoms with Gasteiger partial charge in [-0.1, -0.05) is 12.8 Å². The van der Waals surface area contributed by atoms with Gasteiger partial charge in [-0.2, -0.15) is 0 Å². The van der Waals surface area contributed by atoms with Gasteiger partial charge < -0.3 is 5.73 Å². The molecule has 2 unspecified atom stereocenters. The largest absolute Gasteiger partial charge is 0.326 e. The predicted octanol–water partition coefficient (Wildman–Crippen LogP) is 1.35. The fourth-order valence-electron chi connectivity index (χ4n) is 3.14. The standard InChI is InChI=1S/C11H20N2/c12-9-3-1-2-4-10(9)13-7-11(8-13)5-6-11/h9-10H,1-8,12H2. The molecular weight excluding hydrogens is 160 g/mol. The third-order valence-electron chi connectivity index (χ3n) is 4.28. The molecule has 3 fully saturated rings. The van der Waals surface area contributed by atoms with Crippen LogP contribution in [0, 0.1) is 5.41 Å². The second kappa shape index (κ2) is 2.71. The number of nitrogens with zero attached hydrogens (tertiary/aromatic N) is 1. The molecule has 0 aromatic carbocycles. The third kappa shape index (κ3) is 1.31. The van der Waals surface area contributed by atoms with Crippen molar-refractivity contribution in [3.8, 4) is 0 Å². The first-order valence-electron chi connectivity index (χ1n) is 5.79. The van der Waals surface area contributed by atoms with Gasteiger partial charge in [0.1, 0.15) is 0 Å². The lowest BCUT2D eigenvalue weighted by Gasteiger charge is -2.48. The molecule has 0 amide bonds. The number of hydrogen-bond acceptors (Lipinski definition) is 2. The summed E-state index contributed by atoms with van der Waals surface area (Å²) < 4.78 is 0. The molecule has 1 heterocycles. The monoisotopic (exact) mass is 180 g/mol. The van der Waals surface area contributed by atoms with E-state index in [0.717, 1.165) is 11.5 Å². The zero-order valence-electron chi connectivity index (χ0n) is 8.34. The molecule has 74 valence electrons. The van der Waals surface area contributed by atoms with Crippen molar-refractivity contribution in [1.82, 2.24) is 4.90 Å². The number of nitrogens with two attached hydrogens (primary N) is 1. The summed E-state index contributed by atoms with van der Waals surface area (Å²) in [5.74, 6) is 0. The molecule has 2 atom stereocenters. The van der Waals surface area contributed by atoms with E-state index in [-0.39, 0.29) is 0 Å². The Bertz CT molecular complexity index is 202. The zero-order valence-corrected chi connectivity index (χ0v) is 8.34. The van der Waals surface area contributed by atoms with Crippen molar-refractivity contribution >= 4 is 0 Å². The second-order valence-corrected chi connectivity index (χ2v) is 5.42. The quantitative estimate of drug-likeness (QED) is 0.660. The number of rotatable bonds is 1.